The van der Waals surface area contributed by atoms with Crippen molar-refractivity contribution in [1.82, 2.24) is 0 Å². The van der Waals surface area contributed by atoms with E-state index in [0.717, 1.165) is 0 Å². The van der Waals surface area contributed by atoms with E-state index in [2.05, 4.69) is 67.7 Å². The van der Waals surface area contributed by atoms with E-state index >= 15 is 0 Å². The average Bonchev–Trinajstić information content (AvgIpc) is 2.01. The van der Waals surface area contributed by atoms with Gasteiger partial charge in [0, 0.05) is 15.2 Å². The summed E-state index contributed by atoms with van der Waals surface area (Å²) in [5.41, 5.74) is 0.433. The molecular formula is C23H72Si2. The van der Waals surface area contributed by atoms with E-state index in [1.165, 1.54) is 6.04 Å². The maximum Gasteiger partial charge on any atom is 0.0474 e. The first-order valence-electron chi connectivity index (χ1n) is 6.31. The van der Waals surface area contributed by atoms with Crippen LogP contribution in [-0.4, -0.2) is 15.2 Å². The van der Waals surface area contributed by atoms with Crippen LogP contribution in [0.1, 0.15) is 116 Å². The van der Waals surface area contributed by atoms with Gasteiger partial charge in [0.1, 0.15) is 0 Å². The molecule has 0 rings (SSSR count). The molecule has 0 nitrogen and oxygen atoms in total. The van der Waals surface area contributed by atoms with E-state index in [0.29, 0.717) is 10.5 Å². The fourth-order valence-electron chi connectivity index (χ4n) is 2.23. The van der Waals surface area contributed by atoms with Crippen molar-refractivity contribution < 1.29 is 0 Å². The molecule has 0 spiro atoms. The minimum absolute atomic E-state index is 0. The Morgan fingerprint density at radius 1 is 0.520 bits per heavy atom. The third-order valence-corrected chi connectivity index (χ3v) is 28.1. The van der Waals surface area contributed by atoms with Crippen molar-refractivity contribution in [3.63, 3.8) is 0 Å². The summed E-state index contributed by atoms with van der Waals surface area (Å²) in [5, 5.41) is 0.520. The third-order valence-electron chi connectivity index (χ3n) is 6.01. The molecule has 0 saturated heterocycles. The maximum absolute atomic E-state index is 2.63. The third kappa shape index (κ3) is 13.3. The lowest BCUT2D eigenvalue weighted by Crippen LogP contribution is -2.63. The van der Waals surface area contributed by atoms with Crippen LogP contribution in [0.4, 0.5) is 0 Å². The molecule has 25 heavy (non-hydrogen) atoms. The number of hydrogen-bond donors (Lipinski definition) is 0. The van der Waals surface area contributed by atoms with Crippen LogP contribution >= 0.6 is 0 Å². The molecule has 0 aliphatic heterocycles. The summed E-state index contributed by atoms with van der Waals surface area (Å²) < 4.78 is 0. The lowest BCUT2D eigenvalue weighted by Gasteiger charge is -2.56. The van der Waals surface area contributed by atoms with Gasteiger partial charge in [-0.25, -0.2) is 0 Å². The Balaban J connectivity index is -0.0000000218. The first-order valence-corrected chi connectivity index (χ1v) is 13.5. The molecule has 0 aromatic carbocycles. The second kappa shape index (κ2) is 20.7. The standard InChI is InChI=1S/C13H32Si2.10CH4/c1-11-14(7,8)15(9,10)13(5,6)12(2,3)4;;;;;;;;;;/h11H2,1-10H3;10*1H4. The summed E-state index contributed by atoms with van der Waals surface area (Å²) in [5.74, 6) is 0. The van der Waals surface area contributed by atoms with E-state index < -0.39 is 15.2 Å². The summed E-state index contributed by atoms with van der Waals surface area (Å²) in [7, 11) is -2.17. The Hall–Kier alpha value is 0.434. The molecule has 0 fully saturated rings. The van der Waals surface area contributed by atoms with Crippen molar-refractivity contribution in [3.8, 4) is 0 Å². The van der Waals surface area contributed by atoms with Crippen LogP contribution < -0.4 is 0 Å². The van der Waals surface area contributed by atoms with Crippen molar-refractivity contribution in [1.29, 1.82) is 0 Å². The summed E-state index contributed by atoms with van der Waals surface area (Å²) in [4.78, 5) is 0. The molecule has 0 radical (unpaired) electrons. The predicted molar refractivity (Wildman–Crippen MR) is 146 cm³/mol. The van der Waals surface area contributed by atoms with E-state index in [-0.39, 0.29) is 74.3 Å². The van der Waals surface area contributed by atoms with Crippen molar-refractivity contribution in [3.05, 3.63) is 0 Å². The van der Waals surface area contributed by atoms with Crippen LogP contribution in [0.15, 0.2) is 0 Å². The zero-order chi connectivity index (χ0) is 12.7. The quantitative estimate of drug-likeness (QED) is 0.410. The van der Waals surface area contributed by atoms with Gasteiger partial charge in [0.15, 0.2) is 0 Å². The molecule has 172 valence electrons. The van der Waals surface area contributed by atoms with Gasteiger partial charge in [-0.1, -0.05) is 148 Å². The smallest absolute Gasteiger partial charge is 0.0474 e. The molecule has 0 heterocycles. The zero-order valence-corrected chi connectivity index (χ0v) is 14.7. The Bertz CT molecular complexity index is 221. The SMILES string of the molecule is C.C.C.C.C.C.C.C.C.C.CC[Si](C)(C)[Si](C)(C)C(C)(C)C(C)(C)C. The second-order valence-corrected chi connectivity index (χ2v) is 24.5. The molecule has 0 unspecified atom stereocenters. The van der Waals surface area contributed by atoms with E-state index in [9.17, 15) is 0 Å². The van der Waals surface area contributed by atoms with Gasteiger partial charge in [0.2, 0.25) is 0 Å². The van der Waals surface area contributed by atoms with Crippen LogP contribution in [-0.2, 0) is 0 Å². The average molecular weight is 405 g/mol. The van der Waals surface area contributed by atoms with E-state index in [1.54, 1.807) is 0 Å². The van der Waals surface area contributed by atoms with Crippen LogP contribution in [0.5, 0.6) is 0 Å². The summed E-state index contributed by atoms with van der Waals surface area (Å²) in [6.07, 6.45) is 0. The lowest BCUT2D eigenvalue weighted by molar-refractivity contribution is 0.292. The molecule has 0 aliphatic rings. The van der Waals surface area contributed by atoms with Crippen LogP contribution in [0.25, 0.3) is 0 Å². The highest BCUT2D eigenvalue weighted by atomic mass is 29.3. The Kier molecular flexibility index (Phi) is 60.5. The fourth-order valence-corrected chi connectivity index (χ4v) is 15.5. The van der Waals surface area contributed by atoms with Gasteiger partial charge in [0.25, 0.3) is 0 Å². The summed E-state index contributed by atoms with van der Waals surface area (Å²) in [6, 6.07) is 1.44. The van der Waals surface area contributed by atoms with Gasteiger partial charge >= 0.3 is 0 Å². The van der Waals surface area contributed by atoms with E-state index in [1.807, 2.05) is 0 Å². The van der Waals surface area contributed by atoms with Gasteiger partial charge in [-0.2, -0.15) is 0 Å². The van der Waals surface area contributed by atoms with Crippen molar-refractivity contribution in [2.45, 2.75) is 153 Å². The normalized spacial score (nSPS) is 9.36. The first-order chi connectivity index (χ1) is 6.31. The minimum atomic E-state index is -1.16. The van der Waals surface area contributed by atoms with Gasteiger partial charge in [0.05, 0.1) is 0 Å². The molecule has 0 amide bonds. The largest absolute Gasteiger partial charge is 0.0776 e. The van der Waals surface area contributed by atoms with Crippen molar-refractivity contribution in [2.75, 3.05) is 0 Å². The van der Waals surface area contributed by atoms with Crippen molar-refractivity contribution >= 4 is 15.2 Å². The molecular weight excluding hydrogens is 332 g/mol. The lowest BCUT2D eigenvalue weighted by atomic mass is 9.82. The zero-order valence-electron chi connectivity index (χ0n) is 12.7. The van der Waals surface area contributed by atoms with Gasteiger partial charge < -0.3 is 0 Å². The molecule has 0 aromatic rings. The van der Waals surface area contributed by atoms with Crippen LogP contribution in [0.2, 0.25) is 37.3 Å². The molecule has 0 atom stereocenters. The maximum atomic E-state index is 2.63. The second-order valence-electron chi connectivity index (χ2n) is 7.74. The van der Waals surface area contributed by atoms with Crippen LogP contribution in [0.3, 0.4) is 0 Å². The molecule has 0 bridgehead atoms. The molecule has 0 N–H and O–H groups in total. The van der Waals surface area contributed by atoms with Gasteiger partial charge in [-0.15, -0.1) is 0 Å². The number of rotatable bonds is 3. The minimum Gasteiger partial charge on any atom is -0.0776 e. The van der Waals surface area contributed by atoms with E-state index in [4.69, 9.17) is 0 Å². The highest BCUT2D eigenvalue weighted by molar-refractivity contribution is 7.41. The topological polar surface area (TPSA) is 0 Å². The highest BCUT2D eigenvalue weighted by Crippen LogP contribution is 2.55. The molecule has 0 aromatic heterocycles. The van der Waals surface area contributed by atoms with Crippen molar-refractivity contribution in [2.24, 2.45) is 5.41 Å². The molecule has 2 heteroatoms. The highest BCUT2D eigenvalue weighted by Gasteiger charge is 2.54. The fraction of sp³-hybridized carbons (Fsp3) is 1.00. The van der Waals surface area contributed by atoms with Gasteiger partial charge in [-0.3, -0.25) is 0 Å². The van der Waals surface area contributed by atoms with Gasteiger partial charge in [-0.05, 0) is 10.5 Å². The Morgan fingerprint density at radius 2 is 0.720 bits per heavy atom. The first kappa shape index (κ1) is 72.9. The molecule has 0 aliphatic carbocycles. The predicted octanol–water partition coefficient (Wildman–Crippen LogP) is 11.7. The monoisotopic (exact) mass is 405 g/mol. The Morgan fingerprint density at radius 3 is 0.840 bits per heavy atom. The summed E-state index contributed by atoms with van der Waals surface area (Å²) in [6.45, 7) is 25.2. The molecule has 0 saturated carbocycles. The number of hydrogen-bond acceptors (Lipinski definition) is 0. The Labute approximate surface area is 173 Å². The van der Waals surface area contributed by atoms with Crippen LogP contribution in [0, 0.1) is 5.41 Å². The summed E-state index contributed by atoms with van der Waals surface area (Å²) >= 11 is 0.